The summed E-state index contributed by atoms with van der Waals surface area (Å²) in [6.45, 7) is 1.85. The smallest absolute Gasteiger partial charge is 0.221 e. The van der Waals surface area contributed by atoms with E-state index in [-0.39, 0.29) is 18.1 Å². The van der Waals surface area contributed by atoms with Crippen molar-refractivity contribution in [3.63, 3.8) is 0 Å². The van der Waals surface area contributed by atoms with Gasteiger partial charge in [-0.15, -0.1) is 11.3 Å². The van der Waals surface area contributed by atoms with Crippen LogP contribution in [0.4, 0.5) is 0 Å². The molecule has 0 fully saturated rings. The molecule has 0 aliphatic rings. The van der Waals surface area contributed by atoms with E-state index in [1.165, 1.54) is 11.3 Å². The number of phenols is 1. The molecule has 0 saturated heterocycles. The highest BCUT2D eigenvalue weighted by molar-refractivity contribution is 7.10. The summed E-state index contributed by atoms with van der Waals surface area (Å²) in [5.41, 5.74) is 7.47. The van der Waals surface area contributed by atoms with Crippen molar-refractivity contribution in [1.82, 2.24) is 5.32 Å². The van der Waals surface area contributed by atoms with Gasteiger partial charge in [0.25, 0.3) is 0 Å². The maximum absolute atomic E-state index is 11.5. The van der Waals surface area contributed by atoms with Crippen molar-refractivity contribution in [2.75, 3.05) is 7.05 Å². The summed E-state index contributed by atoms with van der Waals surface area (Å²) >= 11 is 1.52. The van der Waals surface area contributed by atoms with Gasteiger partial charge in [-0.2, -0.15) is 0 Å². The van der Waals surface area contributed by atoms with Crippen molar-refractivity contribution in [2.45, 2.75) is 18.9 Å². The second kappa shape index (κ2) is 5.64. The van der Waals surface area contributed by atoms with Crippen LogP contribution in [0.2, 0.25) is 0 Å². The molecule has 0 unspecified atom stereocenters. The number of benzene rings is 1. The molecule has 1 amide bonds. The number of carbonyl (C=O) groups is 1. The molecule has 4 N–H and O–H groups in total. The maximum atomic E-state index is 11.5. The van der Waals surface area contributed by atoms with Gasteiger partial charge in [0.05, 0.1) is 5.54 Å². The number of rotatable bonds is 4. The summed E-state index contributed by atoms with van der Waals surface area (Å²) in [5.74, 6) is 0.151. The van der Waals surface area contributed by atoms with Crippen LogP contribution in [0.1, 0.15) is 18.2 Å². The molecule has 0 saturated carbocycles. The van der Waals surface area contributed by atoms with Crippen LogP contribution >= 0.6 is 11.3 Å². The SMILES string of the molecule is CNC(=O)C[C@](C)(N)c1cc(-c2cccc(O)c2)cs1. The standard InChI is InChI=1S/C15H18N2O2S/c1-15(16,8-14(19)17-2)13-7-11(9-20-13)10-4-3-5-12(18)6-10/h3-7,9,18H,8,16H2,1-2H3,(H,17,19)/t15-/m0/s1. The van der Waals surface area contributed by atoms with E-state index in [1.807, 2.05) is 24.4 Å². The molecule has 20 heavy (non-hydrogen) atoms. The number of carbonyl (C=O) groups excluding carboxylic acids is 1. The third-order valence-corrected chi connectivity index (χ3v) is 4.36. The summed E-state index contributed by atoms with van der Waals surface area (Å²) in [5, 5.41) is 14.1. The van der Waals surface area contributed by atoms with E-state index < -0.39 is 5.54 Å². The van der Waals surface area contributed by atoms with Gasteiger partial charge in [0, 0.05) is 18.3 Å². The number of thiophene rings is 1. The van der Waals surface area contributed by atoms with E-state index in [0.29, 0.717) is 0 Å². The zero-order valence-electron chi connectivity index (χ0n) is 11.5. The van der Waals surface area contributed by atoms with E-state index >= 15 is 0 Å². The Bertz CT molecular complexity index is 620. The van der Waals surface area contributed by atoms with Gasteiger partial charge in [-0.3, -0.25) is 4.79 Å². The molecule has 0 radical (unpaired) electrons. The molecule has 4 nitrogen and oxygen atoms in total. The van der Waals surface area contributed by atoms with Gasteiger partial charge in [0.2, 0.25) is 5.91 Å². The van der Waals surface area contributed by atoms with Gasteiger partial charge in [0.15, 0.2) is 0 Å². The average Bonchev–Trinajstić information content (AvgIpc) is 2.88. The minimum Gasteiger partial charge on any atom is -0.508 e. The fourth-order valence-corrected chi connectivity index (χ4v) is 2.98. The van der Waals surface area contributed by atoms with Crippen molar-refractivity contribution < 1.29 is 9.90 Å². The van der Waals surface area contributed by atoms with Crippen molar-refractivity contribution >= 4 is 17.2 Å². The van der Waals surface area contributed by atoms with Crippen LogP contribution < -0.4 is 11.1 Å². The molecule has 1 heterocycles. The van der Waals surface area contributed by atoms with Crippen LogP contribution in [0.25, 0.3) is 11.1 Å². The number of phenolic OH excluding ortho intramolecular Hbond substituents is 1. The number of aromatic hydroxyl groups is 1. The molecule has 0 aliphatic carbocycles. The van der Waals surface area contributed by atoms with Crippen molar-refractivity contribution in [1.29, 1.82) is 0 Å². The van der Waals surface area contributed by atoms with Crippen LogP contribution in [-0.4, -0.2) is 18.1 Å². The molecular formula is C15H18N2O2S. The van der Waals surface area contributed by atoms with E-state index in [9.17, 15) is 9.90 Å². The predicted octanol–water partition coefficient (Wildman–Crippen LogP) is 2.43. The molecule has 0 bridgehead atoms. The Hall–Kier alpha value is -1.85. The molecule has 1 aromatic heterocycles. The first-order chi connectivity index (χ1) is 9.42. The first kappa shape index (κ1) is 14.6. The average molecular weight is 290 g/mol. The highest BCUT2D eigenvalue weighted by atomic mass is 32.1. The lowest BCUT2D eigenvalue weighted by molar-refractivity contribution is -0.121. The Morgan fingerprint density at radius 2 is 2.15 bits per heavy atom. The van der Waals surface area contributed by atoms with Crippen LogP contribution in [0, 0.1) is 0 Å². The number of amides is 1. The zero-order chi connectivity index (χ0) is 14.8. The van der Waals surface area contributed by atoms with Gasteiger partial charge in [-0.1, -0.05) is 12.1 Å². The quantitative estimate of drug-likeness (QED) is 0.809. The molecule has 2 rings (SSSR count). The number of nitrogens with two attached hydrogens (primary N) is 1. The molecule has 1 atom stereocenters. The van der Waals surface area contributed by atoms with Gasteiger partial charge in [-0.05, 0) is 41.6 Å². The van der Waals surface area contributed by atoms with Crippen molar-refractivity contribution in [2.24, 2.45) is 5.73 Å². The topological polar surface area (TPSA) is 75.4 Å². The van der Waals surface area contributed by atoms with E-state index in [4.69, 9.17) is 5.73 Å². The highest BCUT2D eigenvalue weighted by Crippen LogP contribution is 2.33. The van der Waals surface area contributed by atoms with Gasteiger partial charge >= 0.3 is 0 Å². The minimum atomic E-state index is -0.695. The first-order valence-electron chi connectivity index (χ1n) is 6.30. The lowest BCUT2D eigenvalue weighted by Crippen LogP contribution is -2.37. The maximum Gasteiger partial charge on any atom is 0.221 e. The Morgan fingerprint density at radius 3 is 2.80 bits per heavy atom. The van der Waals surface area contributed by atoms with Gasteiger partial charge in [0.1, 0.15) is 5.75 Å². The van der Waals surface area contributed by atoms with E-state index in [2.05, 4.69) is 5.32 Å². The second-order valence-electron chi connectivity index (χ2n) is 5.02. The Morgan fingerprint density at radius 1 is 1.40 bits per heavy atom. The third kappa shape index (κ3) is 3.18. The van der Waals surface area contributed by atoms with Crippen LogP contribution in [-0.2, 0) is 10.3 Å². The van der Waals surface area contributed by atoms with Crippen molar-refractivity contribution in [3.05, 3.63) is 40.6 Å². The van der Waals surface area contributed by atoms with Crippen LogP contribution in [0.5, 0.6) is 5.75 Å². The first-order valence-corrected chi connectivity index (χ1v) is 7.18. The largest absolute Gasteiger partial charge is 0.508 e. The number of hydrogen-bond donors (Lipinski definition) is 3. The van der Waals surface area contributed by atoms with Crippen LogP contribution in [0.15, 0.2) is 35.7 Å². The molecule has 0 spiro atoms. The number of hydrogen-bond acceptors (Lipinski definition) is 4. The van der Waals surface area contributed by atoms with Crippen molar-refractivity contribution in [3.8, 4) is 16.9 Å². The predicted molar refractivity (Wildman–Crippen MR) is 81.6 cm³/mol. The molecule has 106 valence electrons. The lowest BCUT2D eigenvalue weighted by atomic mass is 9.95. The second-order valence-corrected chi connectivity index (χ2v) is 5.93. The normalized spacial score (nSPS) is 13.8. The Kier molecular flexibility index (Phi) is 4.11. The monoisotopic (exact) mass is 290 g/mol. The molecule has 2 aromatic rings. The van der Waals surface area contributed by atoms with Gasteiger partial charge < -0.3 is 16.2 Å². The zero-order valence-corrected chi connectivity index (χ0v) is 12.3. The summed E-state index contributed by atoms with van der Waals surface area (Å²) < 4.78 is 0. The summed E-state index contributed by atoms with van der Waals surface area (Å²) in [4.78, 5) is 12.4. The molecular weight excluding hydrogens is 272 g/mol. The molecule has 0 aliphatic heterocycles. The number of nitrogens with one attached hydrogen (secondary N) is 1. The summed E-state index contributed by atoms with van der Waals surface area (Å²) in [7, 11) is 1.60. The summed E-state index contributed by atoms with van der Waals surface area (Å²) in [6, 6.07) is 9.04. The van der Waals surface area contributed by atoms with Gasteiger partial charge in [-0.25, -0.2) is 0 Å². The highest BCUT2D eigenvalue weighted by Gasteiger charge is 2.26. The van der Waals surface area contributed by atoms with Crippen LogP contribution in [0.3, 0.4) is 0 Å². The Labute approximate surface area is 122 Å². The lowest BCUT2D eigenvalue weighted by Gasteiger charge is -2.22. The summed E-state index contributed by atoms with van der Waals surface area (Å²) in [6.07, 6.45) is 0.240. The van der Waals surface area contributed by atoms with E-state index in [1.54, 1.807) is 25.2 Å². The molecule has 5 heteroatoms. The Balaban J connectivity index is 2.26. The van der Waals surface area contributed by atoms with E-state index in [0.717, 1.165) is 16.0 Å². The third-order valence-electron chi connectivity index (χ3n) is 3.15. The fraction of sp³-hybridized carbons (Fsp3) is 0.267. The fourth-order valence-electron chi connectivity index (χ4n) is 1.98. The molecule has 1 aromatic carbocycles. The minimum absolute atomic E-state index is 0.0812.